The number of hydrazine groups is 1. The number of nitrogens with zero attached hydrogens (tertiary/aromatic N) is 2. The number of sulfonamides is 1. The first-order valence-corrected chi connectivity index (χ1v) is 20.1. The normalized spacial score (nSPS) is 23.9. The number of unbranched alkanes of at least 4 members (excludes halogenated alkanes) is 2. The van der Waals surface area contributed by atoms with Crippen LogP contribution in [0.5, 0.6) is 0 Å². The Morgan fingerprint density at radius 3 is 2.11 bits per heavy atom. The highest BCUT2D eigenvalue weighted by atomic mass is 32.2. The number of hydrogen-bond acceptors (Lipinski definition) is 9. The summed E-state index contributed by atoms with van der Waals surface area (Å²) in [7, 11) is -3.89. The number of amides is 4. The van der Waals surface area contributed by atoms with Crippen molar-refractivity contribution in [2.24, 2.45) is 22.9 Å². The third kappa shape index (κ3) is 8.38. The second-order valence-corrected chi connectivity index (χ2v) is 17.5. The van der Waals surface area contributed by atoms with E-state index < -0.39 is 74.1 Å². The van der Waals surface area contributed by atoms with Gasteiger partial charge in [-0.05, 0) is 83.3 Å². The third-order valence-corrected chi connectivity index (χ3v) is 12.1. The lowest BCUT2D eigenvalue weighted by Crippen LogP contribution is -2.55. The molecule has 288 valence electrons. The lowest BCUT2D eigenvalue weighted by Gasteiger charge is -2.30. The van der Waals surface area contributed by atoms with Crippen molar-refractivity contribution in [3.63, 3.8) is 0 Å². The molecule has 4 aliphatic carbocycles. The zero-order valence-electron chi connectivity index (χ0n) is 31.0. The largest absolute Gasteiger partial charge is 0.443 e. The van der Waals surface area contributed by atoms with E-state index in [4.69, 9.17) is 9.57 Å². The zero-order valence-corrected chi connectivity index (χ0v) is 31.8. The summed E-state index contributed by atoms with van der Waals surface area (Å²) in [5, 5.41) is 7.97. The number of nitrogens with one attached hydrogen (secondary N) is 3. The van der Waals surface area contributed by atoms with Crippen molar-refractivity contribution in [1.82, 2.24) is 20.5 Å². The molecule has 4 aliphatic rings. The Kier molecular flexibility index (Phi) is 11.0. The molecule has 0 heterocycles. The molecule has 0 unspecified atom stereocenters. The van der Waals surface area contributed by atoms with E-state index in [-0.39, 0.29) is 25.8 Å². The summed E-state index contributed by atoms with van der Waals surface area (Å²) < 4.78 is 33.0. The second-order valence-electron chi connectivity index (χ2n) is 15.5. The van der Waals surface area contributed by atoms with Gasteiger partial charge in [-0.15, -0.1) is 13.2 Å². The summed E-state index contributed by atoms with van der Waals surface area (Å²) in [5.41, 5.74) is 4.67. The number of fused-ring (bicyclic) bond motifs is 3. The smallest absolute Gasteiger partial charge is 0.426 e. The first kappa shape index (κ1) is 38.7. The molecule has 4 amide bonds. The van der Waals surface area contributed by atoms with Gasteiger partial charge in [-0.2, -0.15) is 0 Å². The summed E-state index contributed by atoms with van der Waals surface area (Å²) >= 11 is 0. The first-order chi connectivity index (χ1) is 25.7. The van der Waals surface area contributed by atoms with E-state index in [9.17, 15) is 27.6 Å². The predicted octanol–water partition coefficient (Wildman–Crippen LogP) is 5.12. The van der Waals surface area contributed by atoms with Crippen molar-refractivity contribution in [2.75, 3.05) is 6.54 Å². The van der Waals surface area contributed by atoms with Crippen molar-refractivity contribution < 1.29 is 37.2 Å². The summed E-state index contributed by atoms with van der Waals surface area (Å²) in [4.78, 5) is 61.4. The minimum atomic E-state index is -3.89. The van der Waals surface area contributed by atoms with Gasteiger partial charge in [-0.25, -0.2) is 18.6 Å². The Labute approximate surface area is 316 Å². The SMILES string of the molecule is C=CCCCCN(NC(=O)OC(C)(C)C)C(=O)[C@@H]1C[C@H](ON=C2c3ccccc3-c3ccccc32)C[C@H]1C(=O)N[C@]1(C(=O)NS(=O)(=O)C2CC2)C[C@H]1C=C. The summed E-state index contributed by atoms with van der Waals surface area (Å²) in [6, 6.07) is 15.7. The molecule has 2 aromatic rings. The van der Waals surface area contributed by atoms with Crippen LogP contribution in [0.25, 0.3) is 11.1 Å². The molecular formula is C40H49N5O8S. The van der Waals surface area contributed by atoms with Gasteiger partial charge in [-0.1, -0.05) is 65.8 Å². The van der Waals surface area contributed by atoms with Crippen LogP contribution in [-0.4, -0.2) is 72.0 Å². The number of rotatable bonds is 14. The molecule has 2 aromatic carbocycles. The molecule has 0 bridgehead atoms. The average Bonchev–Trinajstić information content (AvgIpc) is 4.03. The fraction of sp³-hybridized carbons (Fsp3) is 0.475. The van der Waals surface area contributed by atoms with Crippen LogP contribution in [0.3, 0.4) is 0 Å². The summed E-state index contributed by atoms with van der Waals surface area (Å²) in [5.74, 6) is -4.50. The fourth-order valence-electron chi connectivity index (χ4n) is 7.28. The molecule has 54 heavy (non-hydrogen) atoms. The number of ether oxygens (including phenoxy) is 1. The summed E-state index contributed by atoms with van der Waals surface area (Å²) in [6.07, 6.45) is 4.92. The minimum absolute atomic E-state index is 0.0654. The Hall–Kier alpha value is -4.98. The highest BCUT2D eigenvalue weighted by molar-refractivity contribution is 7.91. The molecule has 3 N–H and O–H groups in total. The summed E-state index contributed by atoms with van der Waals surface area (Å²) in [6.45, 7) is 12.8. The standard InChI is InChI=1S/C40H49N5O8S/c1-6-8-9-14-21-45(42-38(49)52-39(3,4)5)36(47)33-23-26(53-43-34-30-17-12-10-15-28(30)29-16-11-13-18-31(29)34)22-32(33)35(46)41-40(24-25(40)7-2)37(48)44-54(50,51)27-19-20-27/h6-7,10-13,15-18,25-27,32-33H,1-2,8-9,14,19-24H2,3-5H3,(H,41,46)(H,42,49)(H,44,48)/t25-,26-,32-,33-,40-/m1/s1. The molecule has 3 fully saturated rings. The van der Waals surface area contributed by atoms with E-state index in [0.29, 0.717) is 37.8 Å². The topological polar surface area (TPSA) is 173 Å². The Morgan fingerprint density at radius 1 is 0.944 bits per heavy atom. The number of oxime groups is 1. The monoisotopic (exact) mass is 759 g/mol. The van der Waals surface area contributed by atoms with E-state index in [2.05, 4.69) is 33.8 Å². The van der Waals surface area contributed by atoms with E-state index in [1.807, 2.05) is 48.5 Å². The quantitative estimate of drug-likeness (QED) is 0.115. The van der Waals surface area contributed by atoms with Crippen LogP contribution in [0.4, 0.5) is 4.79 Å². The van der Waals surface area contributed by atoms with Crippen LogP contribution in [0, 0.1) is 17.8 Å². The van der Waals surface area contributed by atoms with Gasteiger partial charge in [-0.3, -0.25) is 24.1 Å². The predicted molar refractivity (Wildman–Crippen MR) is 203 cm³/mol. The minimum Gasteiger partial charge on any atom is -0.443 e. The molecule has 14 heteroatoms. The van der Waals surface area contributed by atoms with Crippen LogP contribution < -0.4 is 15.5 Å². The Morgan fingerprint density at radius 2 is 1.56 bits per heavy atom. The second kappa shape index (κ2) is 15.4. The van der Waals surface area contributed by atoms with Crippen LogP contribution in [-0.2, 0) is 34.0 Å². The maximum atomic E-state index is 14.5. The number of hydrogen-bond donors (Lipinski definition) is 3. The molecule has 6 rings (SSSR count). The van der Waals surface area contributed by atoms with Crippen molar-refractivity contribution in [1.29, 1.82) is 0 Å². The molecule has 0 radical (unpaired) electrons. The number of benzene rings is 2. The van der Waals surface area contributed by atoms with Crippen LogP contribution in [0.1, 0.15) is 83.3 Å². The van der Waals surface area contributed by atoms with Crippen molar-refractivity contribution in [3.8, 4) is 11.1 Å². The zero-order chi connectivity index (χ0) is 38.8. The van der Waals surface area contributed by atoms with E-state index in [0.717, 1.165) is 22.3 Å². The third-order valence-electron chi connectivity index (χ3n) is 10.3. The fourth-order valence-corrected chi connectivity index (χ4v) is 8.64. The highest BCUT2D eigenvalue weighted by Crippen LogP contribution is 2.46. The van der Waals surface area contributed by atoms with Crippen molar-refractivity contribution >= 4 is 39.5 Å². The molecule has 5 atom stereocenters. The molecule has 0 saturated heterocycles. The van der Waals surface area contributed by atoms with E-state index in [1.165, 1.54) is 11.1 Å². The van der Waals surface area contributed by atoms with Gasteiger partial charge in [0.05, 0.1) is 17.1 Å². The van der Waals surface area contributed by atoms with E-state index in [1.54, 1.807) is 26.8 Å². The first-order valence-electron chi connectivity index (χ1n) is 18.5. The van der Waals surface area contributed by atoms with Gasteiger partial charge in [0.2, 0.25) is 21.8 Å². The highest BCUT2D eigenvalue weighted by Gasteiger charge is 2.62. The van der Waals surface area contributed by atoms with Gasteiger partial charge in [0.15, 0.2) is 0 Å². The van der Waals surface area contributed by atoms with Gasteiger partial charge < -0.3 is 14.9 Å². The van der Waals surface area contributed by atoms with Gasteiger partial charge in [0.25, 0.3) is 5.91 Å². The number of carbonyl (C=O) groups excluding carboxylic acids is 4. The molecule has 3 saturated carbocycles. The Bertz CT molecular complexity index is 1920. The maximum absolute atomic E-state index is 14.5. The lowest BCUT2D eigenvalue weighted by molar-refractivity contribution is -0.144. The molecular weight excluding hydrogens is 711 g/mol. The molecule has 13 nitrogen and oxygen atoms in total. The molecule has 0 aromatic heterocycles. The van der Waals surface area contributed by atoms with Crippen LogP contribution >= 0.6 is 0 Å². The average molecular weight is 760 g/mol. The number of carbonyl (C=O) groups is 4. The lowest BCUT2D eigenvalue weighted by atomic mass is 9.93. The van der Waals surface area contributed by atoms with Crippen molar-refractivity contribution in [2.45, 2.75) is 94.6 Å². The van der Waals surface area contributed by atoms with Crippen LogP contribution in [0.15, 0.2) is 79.0 Å². The van der Waals surface area contributed by atoms with Crippen molar-refractivity contribution in [3.05, 3.63) is 85.0 Å². The van der Waals surface area contributed by atoms with Gasteiger partial charge in [0.1, 0.15) is 23.0 Å². The maximum Gasteiger partial charge on any atom is 0.426 e. The number of allylic oxidation sites excluding steroid dienone is 1. The van der Waals surface area contributed by atoms with E-state index >= 15 is 0 Å². The Balaban J connectivity index is 1.27. The molecule has 0 spiro atoms. The van der Waals surface area contributed by atoms with Gasteiger partial charge in [0, 0.05) is 23.6 Å². The van der Waals surface area contributed by atoms with Crippen LogP contribution in [0.2, 0.25) is 0 Å². The molecule has 0 aliphatic heterocycles. The van der Waals surface area contributed by atoms with Gasteiger partial charge >= 0.3 is 6.09 Å².